The van der Waals surface area contributed by atoms with Crippen molar-refractivity contribution in [2.75, 3.05) is 0 Å². The Hall–Kier alpha value is -0.170. The van der Waals surface area contributed by atoms with Crippen LogP contribution in [0.25, 0.3) is 0 Å². The number of nitrogens with two attached hydrogens (primary N) is 1. The van der Waals surface area contributed by atoms with Gasteiger partial charge in [0.15, 0.2) is 0 Å². The van der Waals surface area contributed by atoms with E-state index in [9.17, 15) is 0 Å². The molecule has 2 rings (SSSR count). The Morgan fingerprint density at radius 2 is 1.88 bits per heavy atom. The van der Waals surface area contributed by atoms with Gasteiger partial charge in [0.25, 0.3) is 0 Å². The van der Waals surface area contributed by atoms with Crippen molar-refractivity contribution in [3.63, 3.8) is 0 Å². The van der Waals surface area contributed by atoms with Crippen molar-refractivity contribution in [1.82, 2.24) is 10.9 Å². The summed E-state index contributed by atoms with van der Waals surface area (Å²) in [4.78, 5) is 0. The smallest absolute Gasteiger partial charge is 0.0726 e. The van der Waals surface area contributed by atoms with Crippen molar-refractivity contribution in [1.29, 1.82) is 0 Å². The summed E-state index contributed by atoms with van der Waals surface area (Å²) < 4.78 is 1.27. The molecule has 3 atom stereocenters. The Kier molecular flexibility index (Phi) is 4.41. The number of hydrogen-bond donors (Lipinski definition) is 3. The zero-order valence-corrected chi connectivity index (χ0v) is 12.4. The molecule has 0 saturated carbocycles. The molecule has 4 N–H and O–H groups in total. The maximum absolute atomic E-state index is 6.11. The van der Waals surface area contributed by atoms with Gasteiger partial charge in [-0.25, -0.2) is 10.9 Å². The van der Waals surface area contributed by atoms with Crippen LogP contribution >= 0.6 is 22.6 Å². The highest BCUT2D eigenvalue weighted by atomic mass is 127. The summed E-state index contributed by atoms with van der Waals surface area (Å²) in [6.07, 6.45) is 1.18. The molecule has 1 aromatic carbocycles. The molecule has 0 bridgehead atoms. The van der Waals surface area contributed by atoms with Crippen LogP contribution in [0.4, 0.5) is 0 Å². The van der Waals surface area contributed by atoms with Crippen molar-refractivity contribution in [3.05, 3.63) is 33.4 Å². The lowest BCUT2D eigenvalue weighted by molar-refractivity contribution is 0.344. The highest BCUT2D eigenvalue weighted by molar-refractivity contribution is 14.1. The average molecular weight is 345 g/mol. The SMILES string of the molecule is CC(C)CC1C(N)NNC1c1ccc(I)cc1. The van der Waals surface area contributed by atoms with Crippen molar-refractivity contribution in [2.24, 2.45) is 17.6 Å². The summed E-state index contributed by atoms with van der Waals surface area (Å²) in [6, 6.07) is 8.99. The molecule has 1 aliphatic heterocycles. The normalized spacial score (nSPS) is 28.9. The molecule has 1 aromatic rings. The lowest BCUT2D eigenvalue weighted by atomic mass is 9.86. The summed E-state index contributed by atoms with van der Waals surface area (Å²) in [7, 11) is 0. The molecular formula is C13H20IN3. The summed E-state index contributed by atoms with van der Waals surface area (Å²) in [5.41, 5.74) is 13.9. The molecule has 94 valence electrons. The Morgan fingerprint density at radius 3 is 2.47 bits per heavy atom. The Balaban J connectivity index is 2.16. The second kappa shape index (κ2) is 5.65. The predicted octanol–water partition coefficient (Wildman–Crippen LogP) is 2.39. The average Bonchev–Trinajstić information content (AvgIpc) is 2.61. The van der Waals surface area contributed by atoms with E-state index in [1.165, 1.54) is 9.13 Å². The van der Waals surface area contributed by atoms with E-state index in [1.54, 1.807) is 0 Å². The highest BCUT2D eigenvalue weighted by Gasteiger charge is 2.34. The zero-order chi connectivity index (χ0) is 12.4. The fourth-order valence-corrected chi connectivity index (χ4v) is 2.79. The van der Waals surface area contributed by atoms with Crippen molar-refractivity contribution < 1.29 is 0 Å². The Labute approximate surface area is 117 Å². The quantitative estimate of drug-likeness (QED) is 0.738. The number of rotatable bonds is 3. The summed E-state index contributed by atoms with van der Waals surface area (Å²) in [6.45, 7) is 4.49. The molecule has 1 fully saturated rings. The minimum Gasteiger partial charge on any atom is -0.315 e. The fourth-order valence-electron chi connectivity index (χ4n) is 2.44. The number of nitrogens with one attached hydrogen (secondary N) is 2. The van der Waals surface area contributed by atoms with Gasteiger partial charge in [0.1, 0.15) is 0 Å². The maximum atomic E-state index is 6.11. The van der Waals surface area contributed by atoms with Gasteiger partial charge in [-0.2, -0.15) is 0 Å². The minimum atomic E-state index is 0.0432. The first-order valence-electron chi connectivity index (χ1n) is 6.10. The van der Waals surface area contributed by atoms with Gasteiger partial charge in [-0.05, 0) is 52.6 Å². The van der Waals surface area contributed by atoms with Crippen LogP contribution < -0.4 is 16.6 Å². The molecule has 1 aliphatic rings. The molecule has 0 amide bonds. The van der Waals surface area contributed by atoms with Gasteiger partial charge in [-0.1, -0.05) is 26.0 Å². The maximum Gasteiger partial charge on any atom is 0.0726 e. The first kappa shape index (κ1) is 13.3. The molecule has 0 spiro atoms. The second-order valence-corrected chi connectivity index (χ2v) is 6.38. The molecule has 3 nitrogen and oxygen atoms in total. The number of benzene rings is 1. The predicted molar refractivity (Wildman–Crippen MR) is 79.1 cm³/mol. The van der Waals surface area contributed by atoms with Crippen LogP contribution in [0, 0.1) is 15.4 Å². The van der Waals surface area contributed by atoms with E-state index < -0.39 is 0 Å². The first-order valence-corrected chi connectivity index (χ1v) is 7.18. The third kappa shape index (κ3) is 3.19. The third-order valence-electron chi connectivity index (χ3n) is 3.27. The van der Waals surface area contributed by atoms with Gasteiger partial charge in [0.05, 0.1) is 12.2 Å². The van der Waals surface area contributed by atoms with E-state index in [4.69, 9.17) is 5.73 Å². The fraction of sp³-hybridized carbons (Fsp3) is 0.538. The first-order chi connectivity index (χ1) is 8.08. The lowest BCUT2D eigenvalue weighted by Gasteiger charge is -2.22. The molecule has 0 aliphatic carbocycles. The van der Waals surface area contributed by atoms with Crippen LogP contribution in [0.1, 0.15) is 31.9 Å². The number of hydrogen-bond acceptors (Lipinski definition) is 3. The van der Waals surface area contributed by atoms with E-state index in [1.807, 2.05) is 0 Å². The molecule has 17 heavy (non-hydrogen) atoms. The Morgan fingerprint density at radius 1 is 1.24 bits per heavy atom. The number of hydrazine groups is 1. The van der Waals surface area contributed by atoms with Gasteiger partial charge >= 0.3 is 0 Å². The van der Waals surface area contributed by atoms with Crippen LogP contribution in [0.5, 0.6) is 0 Å². The molecular weight excluding hydrogens is 325 g/mol. The van der Waals surface area contributed by atoms with Crippen LogP contribution in [-0.2, 0) is 0 Å². The third-order valence-corrected chi connectivity index (χ3v) is 3.99. The summed E-state index contributed by atoms with van der Waals surface area (Å²) in [5.74, 6) is 1.12. The minimum absolute atomic E-state index is 0.0432. The molecule has 0 radical (unpaired) electrons. The molecule has 1 saturated heterocycles. The second-order valence-electron chi connectivity index (χ2n) is 5.14. The van der Waals surface area contributed by atoms with Crippen molar-refractivity contribution in [3.8, 4) is 0 Å². The zero-order valence-electron chi connectivity index (χ0n) is 10.3. The topological polar surface area (TPSA) is 50.1 Å². The van der Waals surface area contributed by atoms with Crippen LogP contribution in [0.2, 0.25) is 0 Å². The molecule has 0 aromatic heterocycles. The van der Waals surface area contributed by atoms with E-state index in [0.29, 0.717) is 17.9 Å². The van der Waals surface area contributed by atoms with Crippen molar-refractivity contribution in [2.45, 2.75) is 32.5 Å². The van der Waals surface area contributed by atoms with Crippen LogP contribution in [0.15, 0.2) is 24.3 Å². The summed E-state index contributed by atoms with van der Waals surface area (Å²) in [5, 5.41) is 0. The Bertz CT molecular complexity index is 363. The molecule has 1 heterocycles. The lowest BCUT2D eigenvalue weighted by Crippen LogP contribution is -2.39. The highest BCUT2D eigenvalue weighted by Crippen LogP contribution is 2.32. The number of halogens is 1. The van der Waals surface area contributed by atoms with Crippen molar-refractivity contribution >= 4 is 22.6 Å². The van der Waals surface area contributed by atoms with E-state index in [2.05, 4.69) is 71.6 Å². The van der Waals surface area contributed by atoms with Gasteiger partial charge in [-0.15, -0.1) is 0 Å². The summed E-state index contributed by atoms with van der Waals surface area (Å²) >= 11 is 2.33. The largest absolute Gasteiger partial charge is 0.315 e. The standard InChI is InChI=1S/C13H20IN3/c1-8(2)7-11-12(16-17-13(11)15)9-3-5-10(14)6-4-9/h3-6,8,11-13,16-17H,7,15H2,1-2H3. The van der Waals surface area contributed by atoms with Crippen LogP contribution in [-0.4, -0.2) is 6.17 Å². The molecule has 3 unspecified atom stereocenters. The van der Waals surface area contributed by atoms with Gasteiger partial charge < -0.3 is 5.73 Å². The van der Waals surface area contributed by atoms with Gasteiger partial charge in [-0.3, -0.25) is 0 Å². The van der Waals surface area contributed by atoms with Gasteiger partial charge in [0, 0.05) is 9.49 Å². The monoisotopic (exact) mass is 345 g/mol. The van der Waals surface area contributed by atoms with Crippen LogP contribution in [0.3, 0.4) is 0 Å². The van der Waals surface area contributed by atoms with E-state index in [-0.39, 0.29) is 6.17 Å². The van der Waals surface area contributed by atoms with Gasteiger partial charge in [0.2, 0.25) is 0 Å². The van der Waals surface area contributed by atoms with E-state index in [0.717, 1.165) is 6.42 Å². The van der Waals surface area contributed by atoms with E-state index >= 15 is 0 Å². The molecule has 4 heteroatoms.